The summed E-state index contributed by atoms with van der Waals surface area (Å²) in [5.74, 6) is 3.25. The average molecular weight is 401 g/mol. The van der Waals surface area contributed by atoms with E-state index in [1.165, 1.54) is 0 Å². The SMILES string of the molecule is CC(=O)N1CCC(C2CN(C(=O)CCC(C)C)CC2COc2ccccc2)CC1. The minimum atomic E-state index is 0.171. The molecule has 0 N–H and O–H groups in total. The summed E-state index contributed by atoms with van der Waals surface area (Å²) in [6.45, 7) is 9.94. The zero-order chi connectivity index (χ0) is 20.8. The van der Waals surface area contributed by atoms with Gasteiger partial charge in [-0.3, -0.25) is 9.59 Å². The zero-order valence-corrected chi connectivity index (χ0v) is 18.2. The number of carbonyl (C=O) groups excluding carboxylic acids is 2. The van der Waals surface area contributed by atoms with Gasteiger partial charge >= 0.3 is 0 Å². The normalized spacial score (nSPS) is 22.9. The molecule has 3 rings (SSSR count). The van der Waals surface area contributed by atoms with Crippen molar-refractivity contribution >= 4 is 11.8 Å². The van der Waals surface area contributed by atoms with Crippen LogP contribution in [0.1, 0.15) is 46.5 Å². The van der Waals surface area contributed by atoms with E-state index >= 15 is 0 Å². The molecule has 2 saturated heterocycles. The van der Waals surface area contributed by atoms with E-state index in [1.807, 2.05) is 35.2 Å². The van der Waals surface area contributed by atoms with Crippen LogP contribution in [0, 0.1) is 23.7 Å². The van der Waals surface area contributed by atoms with Gasteiger partial charge in [0.2, 0.25) is 11.8 Å². The highest BCUT2D eigenvalue weighted by Crippen LogP contribution is 2.36. The Hall–Kier alpha value is -2.04. The molecule has 2 fully saturated rings. The summed E-state index contributed by atoms with van der Waals surface area (Å²) in [7, 11) is 0. The van der Waals surface area contributed by atoms with Gasteiger partial charge in [-0.25, -0.2) is 0 Å². The molecular weight excluding hydrogens is 364 g/mol. The van der Waals surface area contributed by atoms with Crippen molar-refractivity contribution in [2.45, 2.75) is 46.5 Å². The number of benzene rings is 1. The molecule has 0 radical (unpaired) electrons. The van der Waals surface area contributed by atoms with Gasteiger partial charge in [0.25, 0.3) is 0 Å². The lowest BCUT2D eigenvalue weighted by atomic mass is 9.78. The third-order valence-corrected chi connectivity index (χ3v) is 6.58. The first kappa shape index (κ1) is 21.7. The Morgan fingerprint density at radius 3 is 2.38 bits per heavy atom. The van der Waals surface area contributed by atoms with Crippen LogP contribution in [0.5, 0.6) is 5.75 Å². The summed E-state index contributed by atoms with van der Waals surface area (Å²) in [4.78, 5) is 28.5. The molecule has 1 aromatic carbocycles. The number of amides is 2. The molecule has 0 aliphatic carbocycles. The molecule has 0 bridgehead atoms. The van der Waals surface area contributed by atoms with E-state index in [0.29, 0.717) is 36.7 Å². The van der Waals surface area contributed by atoms with Crippen LogP contribution in [0.2, 0.25) is 0 Å². The number of ether oxygens (including phenoxy) is 1. The Labute approximate surface area is 175 Å². The summed E-state index contributed by atoms with van der Waals surface area (Å²) in [5, 5.41) is 0. The quantitative estimate of drug-likeness (QED) is 0.699. The van der Waals surface area contributed by atoms with Gasteiger partial charge in [-0.05, 0) is 49.1 Å². The average Bonchev–Trinajstić information content (AvgIpc) is 3.15. The Bertz CT molecular complexity index is 668. The molecule has 5 heteroatoms. The lowest BCUT2D eigenvalue weighted by Crippen LogP contribution is -2.40. The monoisotopic (exact) mass is 400 g/mol. The molecule has 160 valence electrons. The Balaban J connectivity index is 1.63. The van der Waals surface area contributed by atoms with Gasteiger partial charge in [0.05, 0.1) is 6.61 Å². The van der Waals surface area contributed by atoms with Crippen LogP contribution >= 0.6 is 0 Å². The number of carbonyl (C=O) groups is 2. The first-order valence-corrected chi connectivity index (χ1v) is 11.1. The molecule has 2 aliphatic heterocycles. The van der Waals surface area contributed by atoms with Crippen LogP contribution in [0.15, 0.2) is 30.3 Å². The predicted molar refractivity (Wildman–Crippen MR) is 115 cm³/mol. The smallest absolute Gasteiger partial charge is 0.222 e. The second-order valence-electron chi connectivity index (χ2n) is 9.12. The van der Waals surface area contributed by atoms with E-state index in [0.717, 1.165) is 51.2 Å². The number of hydrogen-bond donors (Lipinski definition) is 0. The van der Waals surface area contributed by atoms with Crippen LogP contribution in [-0.4, -0.2) is 54.4 Å². The van der Waals surface area contributed by atoms with Crippen molar-refractivity contribution in [2.75, 3.05) is 32.8 Å². The number of hydrogen-bond acceptors (Lipinski definition) is 3. The highest BCUT2D eigenvalue weighted by atomic mass is 16.5. The Morgan fingerprint density at radius 2 is 1.76 bits per heavy atom. The van der Waals surface area contributed by atoms with Gasteiger partial charge in [-0.2, -0.15) is 0 Å². The minimum Gasteiger partial charge on any atom is -0.493 e. The third kappa shape index (κ3) is 5.97. The van der Waals surface area contributed by atoms with Gasteiger partial charge in [0.1, 0.15) is 5.75 Å². The van der Waals surface area contributed by atoms with Gasteiger partial charge in [0.15, 0.2) is 0 Å². The molecule has 29 heavy (non-hydrogen) atoms. The molecular formula is C24H36N2O3. The summed E-state index contributed by atoms with van der Waals surface area (Å²) in [5.41, 5.74) is 0. The van der Waals surface area contributed by atoms with Crippen LogP contribution in [0.3, 0.4) is 0 Å². The van der Waals surface area contributed by atoms with Gasteiger partial charge < -0.3 is 14.5 Å². The number of nitrogens with zero attached hydrogens (tertiary/aromatic N) is 2. The lowest BCUT2D eigenvalue weighted by molar-refractivity contribution is -0.130. The molecule has 0 saturated carbocycles. The van der Waals surface area contributed by atoms with E-state index in [-0.39, 0.29) is 11.8 Å². The molecule has 1 aromatic rings. The number of likely N-dealkylation sites (tertiary alicyclic amines) is 2. The topological polar surface area (TPSA) is 49.9 Å². The summed E-state index contributed by atoms with van der Waals surface area (Å²) >= 11 is 0. The predicted octanol–water partition coefficient (Wildman–Crippen LogP) is 3.83. The van der Waals surface area contributed by atoms with Crippen LogP contribution in [-0.2, 0) is 9.59 Å². The molecule has 2 amide bonds. The highest BCUT2D eigenvalue weighted by molar-refractivity contribution is 5.76. The fourth-order valence-electron chi connectivity index (χ4n) is 4.74. The van der Waals surface area contributed by atoms with Crippen LogP contribution in [0.25, 0.3) is 0 Å². The second kappa shape index (κ2) is 10.1. The van der Waals surface area contributed by atoms with Crippen molar-refractivity contribution in [1.29, 1.82) is 0 Å². The first-order chi connectivity index (χ1) is 13.9. The van der Waals surface area contributed by atoms with Crippen molar-refractivity contribution in [3.8, 4) is 5.75 Å². The summed E-state index contributed by atoms with van der Waals surface area (Å²) in [6, 6.07) is 9.94. The number of rotatable bonds is 7. The highest BCUT2D eigenvalue weighted by Gasteiger charge is 2.41. The van der Waals surface area contributed by atoms with Crippen molar-refractivity contribution in [1.82, 2.24) is 9.80 Å². The zero-order valence-electron chi connectivity index (χ0n) is 18.2. The summed E-state index contributed by atoms with van der Waals surface area (Å²) < 4.78 is 6.09. The van der Waals surface area contributed by atoms with E-state index in [4.69, 9.17) is 4.74 Å². The molecule has 5 nitrogen and oxygen atoms in total. The van der Waals surface area contributed by atoms with Crippen LogP contribution < -0.4 is 4.74 Å². The standard InChI is InChI=1S/C24H36N2O3/c1-18(2)9-10-24(28)26-15-21(17-29-22-7-5-4-6-8-22)23(16-26)20-11-13-25(14-12-20)19(3)27/h4-8,18,20-21,23H,9-17H2,1-3H3. The largest absolute Gasteiger partial charge is 0.493 e. The fourth-order valence-corrected chi connectivity index (χ4v) is 4.74. The van der Waals surface area contributed by atoms with Gasteiger partial charge in [-0.15, -0.1) is 0 Å². The van der Waals surface area contributed by atoms with E-state index in [9.17, 15) is 9.59 Å². The number of piperidine rings is 1. The molecule has 2 atom stereocenters. The van der Waals surface area contributed by atoms with Crippen molar-refractivity contribution < 1.29 is 14.3 Å². The third-order valence-electron chi connectivity index (χ3n) is 6.58. The van der Waals surface area contributed by atoms with Crippen LogP contribution in [0.4, 0.5) is 0 Å². The van der Waals surface area contributed by atoms with Gasteiger partial charge in [0, 0.05) is 45.4 Å². The number of para-hydroxylation sites is 1. The maximum atomic E-state index is 12.8. The molecule has 2 aliphatic rings. The minimum absolute atomic E-state index is 0.171. The molecule has 2 heterocycles. The molecule has 0 spiro atoms. The van der Waals surface area contributed by atoms with E-state index in [1.54, 1.807) is 6.92 Å². The van der Waals surface area contributed by atoms with Crippen molar-refractivity contribution in [3.05, 3.63) is 30.3 Å². The lowest BCUT2D eigenvalue weighted by Gasteiger charge is -2.36. The van der Waals surface area contributed by atoms with Crippen molar-refractivity contribution in [3.63, 3.8) is 0 Å². The molecule has 0 aromatic heterocycles. The first-order valence-electron chi connectivity index (χ1n) is 11.1. The maximum Gasteiger partial charge on any atom is 0.222 e. The van der Waals surface area contributed by atoms with E-state index in [2.05, 4.69) is 18.7 Å². The van der Waals surface area contributed by atoms with Gasteiger partial charge in [-0.1, -0.05) is 32.0 Å². The Morgan fingerprint density at radius 1 is 1.07 bits per heavy atom. The van der Waals surface area contributed by atoms with E-state index < -0.39 is 0 Å². The molecule has 2 unspecified atom stereocenters. The van der Waals surface area contributed by atoms with Crippen molar-refractivity contribution in [2.24, 2.45) is 23.7 Å². The summed E-state index contributed by atoms with van der Waals surface area (Å²) in [6.07, 6.45) is 3.64. The maximum absolute atomic E-state index is 12.8. The second-order valence-corrected chi connectivity index (χ2v) is 9.12. The Kier molecular flexibility index (Phi) is 7.57. The fraction of sp³-hybridized carbons (Fsp3) is 0.667.